The Hall–Kier alpha value is -0.700. The second-order valence-electron chi connectivity index (χ2n) is 5.14. The summed E-state index contributed by atoms with van der Waals surface area (Å²) in [6, 6.07) is 1.39. The zero-order valence-corrected chi connectivity index (χ0v) is 14.5. The molecular weight excluding hydrogens is 344 g/mol. The van der Waals surface area contributed by atoms with Crippen LogP contribution in [0.3, 0.4) is 0 Å². The Balaban J connectivity index is 3.19. The summed E-state index contributed by atoms with van der Waals surface area (Å²) in [5.74, 6) is 5.89. The first-order valence-electron chi connectivity index (χ1n) is 6.30. The van der Waals surface area contributed by atoms with Gasteiger partial charge < -0.3 is 5.43 Å². The predicted molar refractivity (Wildman–Crippen MR) is 83.6 cm³/mol. The summed E-state index contributed by atoms with van der Waals surface area (Å²) in [6.45, 7) is 6.01. The van der Waals surface area contributed by atoms with E-state index in [2.05, 4.69) is 40.2 Å². The second-order valence-corrected chi connectivity index (χ2v) is 8.03. The molecule has 20 heavy (non-hydrogen) atoms. The van der Waals surface area contributed by atoms with Gasteiger partial charge in [-0.25, -0.2) is 19.2 Å². The van der Waals surface area contributed by atoms with Crippen molar-refractivity contribution in [1.82, 2.24) is 9.29 Å². The summed E-state index contributed by atoms with van der Waals surface area (Å²) in [5, 5.41) is 0. The lowest BCUT2D eigenvalue weighted by atomic mass is 10.1. The third-order valence-electron chi connectivity index (χ3n) is 3.05. The summed E-state index contributed by atoms with van der Waals surface area (Å²) in [5.41, 5.74) is 2.33. The fraction of sp³-hybridized carbons (Fsp3) is 0.583. The van der Waals surface area contributed by atoms with Crippen molar-refractivity contribution >= 4 is 31.8 Å². The minimum absolute atomic E-state index is 0.0625. The van der Waals surface area contributed by atoms with E-state index in [-0.39, 0.29) is 16.8 Å². The highest BCUT2D eigenvalue weighted by Gasteiger charge is 2.29. The summed E-state index contributed by atoms with van der Waals surface area (Å²) >= 11 is 3.23. The molecule has 3 N–H and O–H groups in total. The topological polar surface area (TPSA) is 88.3 Å². The second kappa shape index (κ2) is 6.84. The molecule has 0 aliphatic heterocycles. The van der Waals surface area contributed by atoms with Crippen LogP contribution in [0.5, 0.6) is 0 Å². The molecule has 0 bridgehead atoms. The maximum Gasteiger partial charge on any atom is 0.246 e. The number of aromatic nitrogens is 1. The first-order chi connectivity index (χ1) is 9.20. The smallest absolute Gasteiger partial charge is 0.246 e. The van der Waals surface area contributed by atoms with E-state index in [4.69, 9.17) is 5.84 Å². The number of nitrogen functional groups attached to an aromatic ring is 1. The molecule has 0 aliphatic carbocycles. The van der Waals surface area contributed by atoms with Crippen LogP contribution in [-0.2, 0) is 10.0 Å². The fourth-order valence-corrected chi connectivity index (χ4v) is 3.93. The third-order valence-corrected chi connectivity index (χ3v) is 5.47. The van der Waals surface area contributed by atoms with Crippen molar-refractivity contribution in [2.24, 2.45) is 11.8 Å². The molecular formula is C12H21BrN4O2S. The van der Waals surface area contributed by atoms with Crippen molar-refractivity contribution in [2.75, 3.05) is 12.5 Å². The van der Waals surface area contributed by atoms with Gasteiger partial charge in [0, 0.05) is 23.8 Å². The minimum Gasteiger partial charge on any atom is -0.307 e. The highest BCUT2D eigenvalue weighted by molar-refractivity contribution is 9.10. The molecule has 0 amide bonds. The Labute approximate surface area is 128 Å². The quantitative estimate of drug-likeness (QED) is 0.596. The first kappa shape index (κ1) is 17.4. The number of sulfonamides is 1. The molecule has 8 heteroatoms. The van der Waals surface area contributed by atoms with Crippen LogP contribution in [0.1, 0.15) is 27.2 Å². The van der Waals surface area contributed by atoms with Gasteiger partial charge in [0.05, 0.1) is 0 Å². The largest absolute Gasteiger partial charge is 0.307 e. The molecule has 1 unspecified atom stereocenters. The van der Waals surface area contributed by atoms with Crippen molar-refractivity contribution in [3.63, 3.8) is 0 Å². The zero-order chi connectivity index (χ0) is 15.5. The van der Waals surface area contributed by atoms with Crippen molar-refractivity contribution in [3.8, 4) is 0 Å². The van der Waals surface area contributed by atoms with Gasteiger partial charge in [-0.15, -0.1) is 0 Å². The van der Waals surface area contributed by atoms with E-state index in [1.807, 2.05) is 6.92 Å². The molecule has 114 valence electrons. The van der Waals surface area contributed by atoms with Crippen LogP contribution >= 0.6 is 15.9 Å². The Morgan fingerprint density at radius 2 is 2.05 bits per heavy atom. The summed E-state index contributed by atoms with van der Waals surface area (Å²) < 4.78 is 27.3. The molecule has 0 saturated heterocycles. The fourth-order valence-electron chi connectivity index (χ4n) is 1.95. The standard InChI is InChI=1S/C12H21BrN4O2S/c1-8(2)5-9(3)17(4)20(18,19)11-6-10(13)7-15-12(11)16-14/h6-9H,5,14H2,1-4H3,(H,15,16). The minimum atomic E-state index is -3.65. The molecule has 0 spiro atoms. The van der Waals surface area contributed by atoms with Gasteiger partial charge in [0.1, 0.15) is 4.90 Å². The number of halogens is 1. The Morgan fingerprint density at radius 1 is 1.45 bits per heavy atom. The zero-order valence-electron chi connectivity index (χ0n) is 12.1. The van der Waals surface area contributed by atoms with Crippen LogP contribution in [0.4, 0.5) is 5.82 Å². The number of hydrogen-bond donors (Lipinski definition) is 2. The van der Waals surface area contributed by atoms with Gasteiger partial charge in [-0.05, 0) is 41.3 Å². The molecule has 1 atom stereocenters. The first-order valence-corrected chi connectivity index (χ1v) is 8.53. The number of nitrogens with one attached hydrogen (secondary N) is 1. The number of nitrogens with two attached hydrogens (primary N) is 1. The van der Waals surface area contributed by atoms with E-state index in [1.54, 1.807) is 7.05 Å². The maximum atomic E-state index is 12.7. The van der Waals surface area contributed by atoms with Crippen LogP contribution in [-0.4, -0.2) is 30.8 Å². The lowest BCUT2D eigenvalue weighted by Crippen LogP contribution is -2.36. The number of pyridine rings is 1. The van der Waals surface area contributed by atoms with Crippen LogP contribution in [0, 0.1) is 5.92 Å². The molecule has 1 aromatic rings. The lowest BCUT2D eigenvalue weighted by molar-refractivity contribution is 0.338. The van der Waals surface area contributed by atoms with E-state index in [0.717, 1.165) is 6.42 Å². The number of nitrogens with zero attached hydrogens (tertiary/aromatic N) is 2. The number of hydrogen-bond acceptors (Lipinski definition) is 5. The molecule has 1 aromatic heterocycles. The van der Waals surface area contributed by atoms with Gasteiger partial charge in [0.25, 0.3) is 0 Å². The average molecular weight is 365 g/mol. The van der Waals surface area contributed by atoms with E-state index < -0.39 is 10.0 Å². The van der Waals surface area contributed by atoms with Gasteiger partial charge in [-0.3, -0.25) is 0 Å². The molecule has 0 radical (unpaired) electrons. The van der Waals surface area contributed by atoms with Gasteiger partial charge in [0.2, 0.25) is 10.0 Å². The van der Waals surface area contributed by atoms with Crippen LogP contribution < -0.4 is 11.3 Å². The highest BCUT2D eigenvalue weighted by Crippen LogP contribution is 2.26. The Bertz CT molecular complexity index is 563. The van der Waals surface area contributed by atoms with Crippen LogP contribution in [0.15, 0.2) is 21.6 Å². The monoisotopic (exact) mass is 364 g/mol. The van der Waals surface area contributed by atoms with E-state index in [0.29, 0.717) is 10.4 Å². The molecule has 6 nitrogen and oxygen atoms in total. The molecule has 0 aromatic carbocycles. The molecule has 1 rings (SSSR count). The number of anilines is 1. The number of rotatable bonds is 6. The maximum absolute atomic E-state index is 12.7. The number of hydrazine groups is 1. The van der Waals surface area contributed by atoms with Crippen molar-refractivity contribution in [1.29, 1.82) is 0 Å². The van der Waals surface area contributed by atoms with Crippen LogP contribution in [0.2, 0.25) is 0 Å². The van der Waals surface area contributed by atoms with Gasteiger partial charge in [-0.2, -0.15) is 4.31 Å². The lowest BCUT2D eigenvalue weighted by Gasteiger charge is -2.26. The Morgan fingerprint density at radius 3 is 2.55 bits per heavy atom. The van der Waals surface area contributed by atoms with Crippen molar-refractivity contribution in [2.45, 2.75) is 38.1 Å². The predicted octanol–water partition coefficient (Wildman–Crippen LogP) is 2.18. The van der Waals surface area contributed by atoms with Crippen molar-refractivity contribution in [3.05, 3.63) is 16.7 Å². The molecule has 1 heterocycles. The normalized spacial score (nSPS) is 13.8. The van der Waals surface area contributed by atoms with Crippen molar-refractivity contribution < 1.29 is 8.42 Å². The third kappa shape index (κ3) is 3.91. The molecule has 0 saturated carbocycles. The highest BCUT2D eigenvalue weighted by atomic mass is 79.9. The van der Waals surface area contributed by atoms with Gasteiger partial charge >= 0.3 is 0 Å². The average Bonchev–Trinajstić information content (AvgIpc) is 2.36. The summed E-state index contributed by atoms with van der Waals surface area (Å²) in [7, 11) is -2.08. The van der Waals surface area contributed by atoms with E-state index in [1.165, 1.54) is 16.6 Å². The Kier molecular flexibility index (Phi) is 5.93. The molecule has 0 aliphatic rings. The van der Waals surface area contributed by atoms with Gasteiger partial charge in [-0.1, -0.05) is 13.8 Å². The van der Waals surface area contributed by atoms with Crippen LogP contribution in [0.25, 0.3) is 0 Å². The van der Waals surface area contributed by atoms with E-state index >= 15 is 0 Å². The van der Waals surface area contributed by atoms with E-state index in [9.17, 15) is 8.42 Å². The summed E-state index contributed by atoms with van der Waals surface area (Å²) in [4.78, 5) is 4.04. The summed E-state index contributed by atoms with van der Waals surface area (Å²) in [6.07, 6.45) is 2.27. The SMILES string of the molecule is CC(C)CC(C)N(C)S(=O)(=O)c1cc(Br)cnc1NN. The van der Waals surface area contributed by atoms with Gasteiger partial charge in [0.15, 0.2) is 5.82 Å². The molecule has 0 fully saturated rings.